The summed E-state index contributed by atoms with van der Waals surface area (Å²) in [5, 5.41) is 3.42. The number of ether oxygens (including phenoxy) is 2. The third-order valence-corrected chi connectivity index (χ3v) is 4.46. The Hall–Kier alpha value is -0.740. The van der Waals surface area contributed by atoms with Crippen molar-refractivity contribution in [3.63, 3.8) is 0 Å². The third-order valence-electron chi connectivity index (χ3n) is 3.77. The first-order valence-electron chi connectivity index (χ1n) is 6.30. The van der Waals surface area contributed by atoms with Crippen LogP contribution >= 0.6 is 15.9 Å². The van der Waals surface area contributed by atoms with Crippen LogP contribution in [0.3, 0.4) is 0 Å². The molecule has 0 bridgehead atoms. The number of nitrogens with one attached hydrogen (secondary N) is 1. The van der Waals surface area contributed by atoms with E-state index in [1.165, 1.54) is 24.8 Å². The predicted molar refractivity (Wildman–Crippen MR) is 76.4 cm³/mol. The molecule has 2 rings (SSSR count). The second-order valence-corrected chi connectivity index (χ2v) is 5.54. The highest BCUT2D eigenvalue weighted by Gasteiger charge is 2.29. The Bertz CT molecular complexity index is 419. The summed E-state index contributed by atoms with van der Waals surface area (Å²) in [5.74, 6) is 2.27. The molecule has 1 aliphatic rings. The average molecular weight is 314 g/mol. The van der Waals surface area contributed by atoms with Crippen LogP contribution in [0.15, 0.2) is 16.6 Å². The Labute approximate surface area is 117 Å². The Balaban J connectivity index is 2.36. The van der Waals surface area contributed by atoms with Crippen molar-refractivity contribution in [2.24, 2.45) is 5.92 Å². The van der Waals surface area contributed by atoms with Crippen LogP contribution < -0.4 is 14.8 Å². The van der Waals surface area contributed by atoms with Crippen LogP contribution in [-0.2, 0) is 0 Å². The maximum absolute atomic E-state index is 5.38. The van der Waals surface area contributed by atoms with Crippen LogP contribution in [0.4, 0.5) is 0 Å². The van der Waals surface area contributed by atoms with Gasteiger partial charge in [0.2, 0.25) is 0 Å². The predicted octanol–water partition coefficient (Wildman–Crippen LogP) is 3.53. The number of hydrogen-bond acceptors (Lipinski definition) is 3. The lowest BCUT2D eigenvalue weighted by molar-refractivity contribution is 0.238. The molecule has 0 heterocycles. The molecule has 4 heteroatoms. The SMILES string of the molecule is CNC(c1cc(OC)c(OC)cc1Br)C1CCC1. The summed E-state index contributed by atoms with van der Waals surface area (Å²) in [7, 11) is 5.35. The number of halogens is 1. The molecule has 1 atom stereocenters. The summed E-state index contributed by atoms with van der Waals surface area (Å²) < 4.78 is 11.8. The van der Waals surface area contributed by atoms with Crippen LogP contribution in [0.2, 0.25) is 0 Å². The lowest BCUT2D eigenvalue weighted by Gasteiger charge is -2.34. The smallest absolute Gasteiger partial charge is 0.161 e. The summed E-state index contributed by atoms with van der Waals surface area (Å²) in [4.78, 5) is 0. The summed E-state index contributed by atoms with van der Waals surface area (Å²) in [6.07, 6.45) is 3.94. The molecule has 18 heavy (non-hydrogen) atoms. The largest absolute Gasteiger partial charge is 0.493 e. The quantitative estimate of drug-likeness (QED) is 0.902. The first-order valence-corrected chi connectivity index (χ1v) is 7.09. The monoisotopic (exact) mass is 313 g/mol. The summed E-state index contributed by atoms with van der Waals surface area (Å²) in [5.41, 5.74) is 1.25. The van der Waals surface area contributed by atoms with E-state index in [1.54, 1.807) is 14.2 Å². The molecular formula is C14H20BrNO2. The Morgan fingerprint density at radius 3 is 2.28 bits per heavy atom. The molecule has 0 saturated heterocycles. The van der Waals surface area contributed by atoms with E-state index in [2.05, 4.69) is 27.3 Å². The number of benzene rings is 1. The fraction of sp³-hybridized carbons (Fsp3) is 0.571. The topological polar surface area (TPSA) is 30.5 Å². The van der Waals surface area contributed by atoms with Crippen LogP contribution in [0.25, 0.3) is 0 Å². The van der Waals surface area contributed by atoms with E-state index in [9.17, 15) is 0 Å². The second kappa shape index (κ2) is 5.93. The molecular weight excluding hydrogens is 294 g/mol. The highest BCUT2D eigenvalue weighted by atomic mass is 79.9. The van der Waals surface area contributed by atoms with Gasteiger partial charge < -0.3 is 14.8 Å². The molecule has 0 spiro atoms. The van der Waals surface area contributed by atoms with E-state index in [-0.39, 0.29) is 0 Å². The van der Waals surface area contributed by atoms with Gasteiger partial charge in [-0.05, 0) is 43.5 Å². The molecule has 0 aromatic heterocycles. The molecule has 1 fully saturated rings. The van der Waals surface area contributed by atoms with Crippen molar-refractivity contribution in [1.29, 1.82) is 0 Å². The summed E-state index contributed by atoms with van der Waals surface area (Å²) >= 11 is 3.64. The maximum atomic E-state index is 5.38. The van der Waals surface area contributed by atoms with E-state index < -0.39 is 0 Å². The fourth-order valence-electron chi connectivity index (χ4n) is 2.53. The highest BCUT2D eigenvalue weighted by Crippen LogP contribution is 2.43. The van der Waals surface area contributed by atoms with Crippen molar-refractivity contribution in [1.82, 2.24) is 5.32 Å². The number of methoxy groups -OCH3 is 2. The Morgan fingerprint density at radius 2 is 1.83 bits per heavy atom. The molecule has 0 radical (unpaired) electrons. The number of hydrogen-bond donors (Lipinski definition) is 1. The molecule has 100 valence electrons. The van der Waals surface area contributed by atoms with Gasteiger partial charge in [0.15, 0.2) is 11.5 Å². The molecule has 1 N–H and O–H groups in total. The third kappa shape index (κ3) is 2.50. The second-order valence-electron chi connectivity index (χ2n) is 4.69. The van der Waals surface area contributed by atoms with Gasteiger partial charge in [0.1, 0.15) is 0 Å². The van der Waals surface area contributed by atoms with Crippen LogP contribution in [0.5, 0.6) is 11.5 Å². The van der Waals surface area contributed by atoms with Gasteiger partial charge in [0.25, 0.3) is 0 Å². The van der Waals surface area contributed by atoms with E-state index >= 15 is 0 Å². The van der Waals surface area contributed by atoms with Crippen molar-refractivity contribution in [3.8, 4) is 11.5 Å². The first kappa shape index (κ1) is 13.7. The zero-order valence-corrected chi connectivity index (χ0v) is 12.7. The molecule has 1 aromatic rings. The van der Waals surface area contributed by atoms with Crippen molar-refractivity contribution in [3.05, 3.63) is 22.2 Å². The Morgan fingerprint density at radius 1 is 1.22 bits per heavy atom. The van der Waals surface area contributed by atoms with Crippen molar-refractivity contribution < 1.29 is 9.47 Å². The van der Waals surface area contributed by atoms with Crippen molar-refractivity contribution in [2.45, 2.75) is 25.3 Å². The molecule has 3 nitrogen and oxygen atoms in total. The van der Waals surface area contributed by atoms with Gasteiger partial charge >= 0.3 is 0 Å². The van der Waals surface area contributed by atoms with Crippen molar-refractivity contribution in [2.75, 3.05) is 21.3 Å². The molecule has 1 aliphatic carbocycles. The minimum absolute atomic E-state index is 0.382. The fourth-order valence-corrected chi connectivity index (χ4v) is 3.10. The Kier molecular flexibility index (Phi) is 4.51. The zero-order valence-electron chi connectivity index (χ0n) is 11.1. The van der Waals surface area contributed by atoms with E-state index in [1.807, 2.05) is 13.1 Å². The van der Waals surface area contributed by atoms with E-state index in [0.717, 1.165) is 21.9 Å². The standard InChI is InChI=1S/C14H20BrNO2/c1-16-14(9-5-4-6-9)10-7-12(17-2)13(18-3)8-11(10)15/h7-9,14,16H,4-6H2,1-3H3. The van der Waals surface area contributed by atoms with Gasteiger partial charge in [0, 0.05) is 10.5 Å². The highest BCUT2D eigenvalue weighted by molar-refractivity contribution is 9.10. The number of rotatable bonds is 5. The van der Waals surface area contributed by atoms with Gasteiger partial charge in [-0.2, -0.15) is 0 Å². The van der Waals surface area contributed by atoms with Gasteiger partial charge in [-0.25, -0.2) is 0 Å². The van der Waals surface area contributed by atoms with Gasteiger partial charge in [-0.3, -0.25) is 0 Å². The summed E-state index contributed by atoms with van der Waals surface area (Å²) in [6.45, 7) is 0. The van der Waals surface area contributed by atoms with Crippen molar-refractivity contribution >= 4 is 15.9 Å². The first-order chi connectivity index (χ1) is 8.71. The lowest BCUT2D eigenvalue weighted by Crippen LogP contribution is -2.30. The molecule has 1 saturated carbocycles. The summed E-state index contributed by atoms with van der Waals surface area (Å²) in [6, 6.07) is 4.44. The minimum Gasteiger partial charge on any atom is -0.493 e. The van der Waals surface area contributed by atoms with E-state index in [0.29, 0.717) is 6.04 Å². The normalized spacial score (nSPS) is 17.1. The molecule has 1 aromatic carbocycles. The molecule has 0 aliphatic heterocycles. The van der Waals surface area contributed by atoms with Gasteiger partial charge in [-0.15, -0.1) is 0 Å². The molecule has 1 unspecified atom stereocenters. The van der Waals surface area contributed by atoms with E-state index in [4.69, 9.17) is 9.47 Å². The maximum Gasteiger partial charge on any atom is 0.161 e. The van der Waals surface area contributed by atoms with Gasteiger partial charge in [0.05, 0.1) is 14.2 Å². The van der Waals surface area contributed by atoms with Gasteiger partial charge in [-0.1, -0.05) is 22.4 Å². The minimum atomic E-state index is 0.382. The zero-order chi connectivity index (χ0) is 13.1. The van der Waals surface area contributed by atoms with Crippen LogP contribution in [-0.4, -0.2) is 21.3 Å². The van der Waals surface area contributed by atoms with Crippen LogP contribution in [0.1, 0.15) is 30.9 Å². The lowest BCUT2D eigenvalue weighted by atomic mass is 9.77. The molecule has 0 amide bonds. The van der Waals surface area contributed by atoms with Crippen LogP contribution in [0, 0.1) is 5.92 Å². The average Bonchev–Trinajstić information content (AvgIpc) is 2.33.